The fourth-order valence-corrected chi connectivity index (χ4v) is 4.58. The van der Waals surface area contributed by atoms with Crippen LogP contribution in [0.3, 0.4) is 0 Å². The highest BCUT2D eigenvalue weighted by atomic mass is 16.1. The second-order valence-electron chi connectivity index (χ2n) is 7.68. The minimum absolute atomic E-state index is 0.0791. The van der Waals surface area contributed by atoms with E-state index in [1.54, 1.807) is 13.8 Å². The van der Waals surface area contributed by atoms with Gasteiger partial charge in [0.1, 0.15) is 0 Å². The Morgan fingerprint density at radius 1 is 0.714 bits per heavy atom. The predicted molar refractivity (Wildman–Crippen MR) is 112 cm³/mol. The molecule has 0 aromatic heterocycles. The van der Waals surface area contributed by atoms with Crippen LogP contribution < -0.4 is 0 Å². The molecule has 0 saturated carbocycles. The van der Waals surface area contributed by atoms with Gasteiger partial charge in [0.25, 0.3) is 0 Å². The van der Waals surface area contributed by atoms with E-state index in [4.69, 9.17) is 0 Å². The summed E-state index contributed by atoms with van der Waals surface area (Å²) in [6.45, 7) is 3.20. The topological polar surface area (TPSA) is 34.1 Å². The van der Waals surface area contributed by atoms with Gasteiger partial charge in [-0.2, -0.15) is 0 Å². The molecular formula is C26H24O2. The molecule has 0 bridgehead atoms. The third-order valence-corrected chi connectivity index (χ3v) is 6.04. The summed E-state index contributed by atoms with van der Waals surface area (Å²) < 4.78 is 0. The van der Waals surface area contributed by atoms with Crippen molar-refractivity contribution in [2.75, 3.05) is 0 Å². The van der Waals surface area contributed by atoms with Crippen molar-refractivity contribution in [3.05, 3.63) is 106 Å². The Hall–Kier alpha value is -3.00. The largest absolute Gasteiger partial charge is 0.295 e. The lowest BCUT2D eigenvalue weighted by Crippen LogP contribution is -2.33. The molecule has 3 aromatic carbocycles. The summed E-state index contributed by atoms with van der Waals surface area (Å²) >= 11 is 0. The minimum atomic E-state index is -0.264. The van der Waals surface area contributed by atoms with Gasteiger partial charge in [0.05, 0.1) is 0 Å². The smallest absolute Gasteiger partial charge is 0.159 e. The zero-order valence-corrected chi connectivity index (χ0v) is 16.4. The molecule has 0 aliphatic heterocycles. The van der Waals surface area contributed by atoms with E-state index < -0.39 is 0 Å². The first kappa shape index (κ1) is 18.4. The number of Topliss-reactive ketones (excluding diaryl/α,β-unsaturated/α-hetero) is 2. The summed E-state index contributed by atoms with van der Waals surface area (Å²) in [7, 11) is 0. The first-order valence-electron chi connectivity index (χ1n) is 9.84. The number of fused-ring (bicyclic) bond motifs is 1. The molecule has 140 valence electrons. The monoisotopic (exact) mass is 368 g/mol. The minimum Gasteiger partial charge on any atom is -0.295 e. The summed E-state index contributed by atoms with van der Waals surface area (Å²) in [5.74, 6) is 0.158. The second kappa shape index (κ2) is 7.20. The highest BCUT2D eigenvalue weighted by Crippen LogP contribution is 2.47. The molecule has 0 fully saturated rings. The third-order valence-electron chi connectivity index (χ3n) is 6.04. The average Bonchev–Trinajstić information content (AvgIpc) is 2.73. The van der Waals surface area contributed by atoms with Crippen LogP contribution >= 0.6 is 0 Å². The average molecular weight is 368 g/mol. The first-order valence-corrected chi connectivity index (χ1v) is 9.84. The Balaban J connectivity index is 1.94. The van der Waals surface area contributed by atoms with E-state index in [1.807, 2.05) is 24.3 Å². The quantitative estimate of drug-likeness (QED) is 0.549. The summed E-state index contributed by atoms with van der Waals surface area (Å²) in [5.41, 5.74) is 6.29. The molecule has 0 saturated heterocycles. The molecule has 3 aromatic rings. The highest BCUT2D eigenvalue weighted by molar-refractivity contribution is 5.94. The van der Waals surface area contributed by atoms with Crippen LogP contribution in [0.5, 0.6) is 0 Å². The lowest BCUT2D eigenvalue weighted by molar-refractivity contribution is 0.100. The summed E-state index contributed by atoms with van der Waals surface area (Å²) in [6.07, 6.45) is 3.18. The van der Waals surface area contributed by atoms with E-state index in [9.17, 15) is 9.59 Å². The predicted octanol–water partition coefficient (Wildman–Crippen LogP) is 5.76. The van der Waals surface area contributed by atoms with Crippen LogP contribution in [0.2, 0.25) is 0 Å². The third kappa shape index (κ3) is 2.99. The molecule has 0 spiro atoms. The van der Waals surface area contributed by atoms with Crippen molar-refractivity contribution in [3.8, 4) is 0 Å². The van der Waals surface area contributed by atoms with Gasteiger partial charge in [-0.3, -0.25) is 9.59 Å². The van der Waals surface area contributed by atoms with Crippen LogP contribution in [0.4, 0.5) is 0 Å². The van der Waals surface area contributed by atoms with Crippen molar-refractivity contribution < 1.29 is 9.59 Å². The first-order chi connectivity index (χ1) is 13.5. The SMILES string of the molecule is CC(=O)c1ccc(C2(c3ccc(C(C)=O)cc3)CCCc3ccccc32)cc1. The van der Waals surface area contributed by atoms with Gasteiger partial charge in [0.2, 0.25) is 0 Å². The molecule has 0 amide bonds. The maximum Gasteiger partial charge on any atom is 0.159 e. The second-order valence-corrected chi connectivity index (χ2v) is 7.68. The van der Waals surface area contributed by atoms with Gasteiger partial charge >= 0.3 is 0 Å². The van der Waals surface area contributed by atoms with Gasteiger partial charge < -0.3 is 0 Å². The Morgan fingerprint density at radius 2 is 1.21 bits per heavy atom. The number of carbonyl (C=O) groups is 2. The lowest BCUT2D eigenvalue weighted by Gasteiger charge is -2.40. The zero-order chi connectivity index (χ0) is 19.7. The van der Waals surface area contributed by atoms with Crippen molar-refractivity contribution in [3.63, 3.8) is 0 Å². The van der Waals surface area contributed by atoms with Gasteiger partial charge in [-0.15, -0.1) is 0 Å². The van der Waals surface area contributed by atoms with E-state index in [1.165, 1.54) is 22.3 Å². The Labute approximate surface area is 166 Å². The van der Waals surface area contributed by atoms with Gasteiger partial charge in [0.15, 0.2) is 11.6 Å². The van der Waals surface area contributed by atoms with Gasteiger partial charge in [-0.25, -0.2) is 0 Å². The summed E-state index contributed by atoms with van der Waals surface area (Å²) in [6, 6.07) is 24.8. The molecular weight excluding hydrogens is 344 g/mol. The van der Waals surface area contributed by atoms with Gasteiger partial charge in [-0.05, 0) is 55.4 Å². The summed E-state index contributed by atoms with van der Waals surface area (Å²) in [5, 5.41) is 0. The Bertz CT molecular complexity index is 969. The van der Waals surface area contributed by atoms with Crippen LogP contribution in [0.1, 0.15) is 69.7 Å². The number of ketones is 2. The Kier molecular flexibility index (Phi) is 4.72. The molecule has 1 aliphatic rings. The fourth-order valence-electron chi connectivity index (χ4n) is 4.58. The van der Waals surface area contributed by atoms with Crippen LogP contribution in [0, 0.1) is 0 Å². The molecule has 4 rings (SSSR count). The van der Waals surface area contributed by atoms with Crippen molar-refractivity contribution in [2.45, 2.75) is 38.5 Å². The molecule has 0 radical (unpaired) electrons. The van der Waals surface area contributed by atoms with E-state index in [0.29, 0.717) is 0 Å². The van der Waals surface area contributed by atoms with E-state index in [2.05, 4.69) is 48.5 Å². The van der Waals surface area contributed by atoms with Crippen molar-refractivity contribution >= 4 is 11.6 Å². The molecule has 0 N–H and O–H groups in total. The van der Waals surface area contributed by atoms with Crippen LogP contribution in [0.25, 0.3) is 0 Å². The van der Waals surface area contributed by atoms with E-state index in [0.717, 1.165) is 30.4 Å². The highest BCUT2D eigenvalue weighted by Gasteiger charge is 2.39. The maximum absolute atomic E-state index is 11.8. The van der Waals surface area contributed by atoms with Gasteiger partial charge in [-0.1, -0.05) is 72.8 Å². The zero-order valence-electron chi connectivity index (χ0n) is 16.4. The number of hydrogen-bond donors (Lipinski definition) is 0. The van der Waals surface area contributed by atoms with Crippen LogP contribution in [-0.4, -0.2) is 11.6 Å². The number of benzene rings is 3. The number of rotatable bonds is 4. The number of hydrogen-bond acceptors (Lipinski definition) is 2. The molecule has 1 aliphatic carbocycles. The normalized spacial score (nSPS) is 14.9. The number of carbonyl (C=O) groups excluding carboxylic acids is 2. The molecule has 2 heteroatoms. The van der Waals surface area contributed by atoms with Crippen molar-refractivity contribution in [1.29, 1.82) is 0 Å². The van der Waals surface area contributed by atoms with Crippen molar-refractivity contribution in [2.24, 2.45) is 0 Å². The van der Waals surface area contributed by atoms with Crippen molar-refractivity contribution in [1.82, 2.24) is 0 Å². The molecule has 28 heavy (non-hydrogen) atoms. The maximum atomic E-state index is 11.8. The molecule has 0 heterocycles. The lowest BCUT2D eigenvalue weighted by atomic mass is 9.62. The van der Waals surface area contributed by atoms with Gasteiger partial charge in [0, 0.05) is 16.5 Å². The van der Waals surface area contributed by atoms with Crippen LogP contribution in [-0.2, 0) is 11.8 Å². The number of aryl methyl sites for hydroxylation is 1. The van der Waals surface area contributed by atoms with Crippen LogP contribution in [0.15, 0.2) is 72.8 Å². The standard InChI is InChI=1S/C26H24O2/c1-18(27)20-9-13-23(14-10-20)26(24-15-11-21(12-16-24)19(2)28)17-5-7-22-6-3-4-8-25(22)26/h3-4,6,8-16H,5,7,17H2,1-2H3. The fraction of sp³-hybridized carbons (Fsp3) is 0.231. The summed E-state index contributed by atoms with van der Waals surface area (Å²) in [4.78, 5) is 23.5. The van der Waals surface area contributed by atoms with E-state index >= 15 is 0 Å². The molecule has 0 unspecified atom stereocenters. The van der Waals surface area contributed by atoms with E-state index in [-0.39, 0.29) is 17.0 Å². The molecule has 2 nitrogen and oxygen atoms in total. The molecule has 0 atom stereocenters. The Morgan fingerprint density at radius 3 is 1.71 bits per heavy atom.